The van der Waals surface area contributed by atoms with Crippen molar-refractivity contribution >= 4 is 11.5 Å². The maximum Gasteiger partial charge on any atom is 0.341 e. The Morgan fingerprint density at radius 2 is 1.89 bits per heavy atom. The molecule has 0 atom stereocenters. The molecule has 2 heterocycles. The molecular weight excluding hydrogens is 361 g/mol. The van der Waals surface area contributed by atoms with E-state index in [1.54, 1.807) is 30.3 Å². The van der Waals surface area contributed by atoms with Gasteiger partial charge in [0.2, 0.25) is 0 Å². The highest BCUT2D eigenvalue weighted by atomic mass is 19.1. The molecule has 4 rings (SSSR count). The van der Waals surface area contributed by atoms with Gasteiger partial charge in [-0.2, -0.15) is 0 Å². The van der Waals surface area contributed by atoms with Crippen LogP contribution in [0, 0.1) is 5.82 Å². The van der Waals surface area contributed by atoms with Crippen LogP contribution in [0.25, 0.3) is 5.57 Å². The van der Waals surface area contributed by atoms with Crippen molar-refractivity contribution in [3.05, 3.63) is 65.0 Å². The minimum Gasteiger partial charge on any atom is -0.489 e. The van der Waals surface area contributed by atoms with Crippen LogP contribution in [-0.4, -0.2) is 48.8 Å². The number of hydrogen-bond donors (Lipinski definition) is 1. The summed E-state index contributed by atoms with van der Waals surface area (Å²) in [6.07, 6.45) is 2.40. The molecule has 2 aliphatic heterocycles. The molecule has 28 heavy (non-hydrogen) atoms. The molecular formula is C22H22FNO4. The van der Waals surface area contributed by atoms with E-state index < -0.39 is 12.6 Å². The first-order valence-electron chi connectivity index (χ1n) is 9.42. The second kappa shape index (κ2) is 8.02. The van der Waals surface area contributed by atoms with Crippen molar-refractivity contribution in [2.24, 2.45) is 0 Å². The lowest BCUT2D eigenvalue weighted by Crippen LogP contribution is -2.26. The Morgan fingerprint density at radius 3 is 2.61 bits per heavy atom. The molecule has 2 aromatic rings. The number of hydrogen-bond acceptors (Lipinski definition) is 4. The minimum atomic E-state index is -1.03. The van der Waals surface area contributed by atoms with Crippen LogP contribution in [0.2, 0.25) is 0 Å². The van der Waals surface area contributed by atoms with Gasteiger partial charge in [-0.3, -0.25) is 4.90 Å². The van der Waals surface area contributed by atoms with Gasteiger partial charge in [-0.15, -0.1) is 0 Å². The van der Waals surface area contributed by atoms with E-state index in [9.17, 15) is 9.18 Å². The van der Waals surface area contributed by atoms with Crippen LogP contribution in [0.15, 0.2) is 48.0 Å². The second-order valence-electron chi connectivity index (χ2n) is 7.10. The van der Waals surface area contributed by atoms with Crippen molar-refractivity contribution in [3.8, 4) is 11.5 Å². The number of carboxylic acids is 1. The fourth-order valence-electron chi connectivity index (χ4n) is 3.80. The molecule has 1 N–H and O–H groups in total. The third kappa shape index (κ3) is 4.02. The summed E-state index contributed by atoms with van der Waals surface area (Å²) in [5.41, 5.74) is 3.90. The second-order valence-corrected chi connectivity index (χ2v) is 7.10. The lowest BCUT2D eigenvalue weighted by atomic mass is 9.90. The normalized spacial score (nSPS) is 16.6. The summed E-state index contributed by atoms with van der Waals surface area (Å²) in [7, 11) is 0. The number of nitrogens with zero attached hydrogens (tertiary/aromatic N) is 1. The number of rotatable bonds is 6. The SMILES string of the molecule is O=C(O)COc1ccc2c(c1)C(c1ccc(F)cc1)=C(CN1CCCC1)CO2. The number of aliphatic carboxylic acids is 1. The van der Waals surface area contributed by atoms with Crippen molar-refractivity contribution in [1.29, 1.82) is 0 Å². The highest BCUT2D eigenvalue weighted by molar-refractivity contribution is 5.87. The zero-order chi connectivity index (χ0) is 19.5. The van der Waals surface area contributed by atoms with Gasteiger partial charge in [0.05, 0.1) is 0 Å². The number of benzene rings is 2. The van der Waals surface area contributed by atoms with E-state index in [-0.39, 0.29) is 5.82 Å². The fraction of sp³-hybridized carbons (Fsp3) is 0.318. The molecule has 2 aromatic carbocycles. The molecule has 146 valence electrons. The van der Waals surface area contributed by atoms with Gasteiger partial charge in [0.25, 0.3) is 0 Å². The van der Waals surface area contributed by atoms with Gasteiger partial charge in [0.1, 0.15) is 23.9 Å². The Labute approximate surface area is 163 Å². The maximum atomic E-state index is 13.5. The van der Waals surface area contributed by atoms with Gasteiger partial charge in [0, 0.05) is 12.1 Å². The summed E-state index contributed by atoms with van der Waals surface area (Å²) in [6, 6.07) is 11.8. The standard InChI is InChI=1S/C22H22FNO4/c23-17-5-3-15(4-6-17)22-16(12-24-9-1-2-10-24)13-28-20-8-7-18(11-19(20)22)27-14-21(25)26/h3-8,11H,1-2,9-10,12-14H2,(H,25,26). The molecule has 0 unspecified atom stereocenters. The van der Waals surface area contributed by atoms with Crippen LogP contribution >= 0.6 is 0 Å². The van der Waals surface area contributed by atoms with Gasteiger partial charge in [-0.05, 0) is 73.0 Å². The summed E-state index contributed by atoms with van der Waals surface area (Å²) >= 11 is 0. The Balaban J connectivity index is 1.75. The van der Waals surface area contributed by atoms with E-state index >= 15 is 0 Å². The van der Waals surface area contributed by atoms with Crippen molar-refractivity contribution in [1.82, 2.24) is 4.90 Å². The molecule has 0 aromatic heterocycles. The van der Waals surface area contributed by atoms with Crippen molar-refractivity contribution < 1.29 is 23.8 Å². The fourth-order valence-corrected chi connectivity index (χ4v) is 3.80. The number of halogens is 1. The molecule has 1 saturated heterocycles. The molecule has 6 heteroatoms. The molecule has 0 amide bonds. The summed E-state index contributed by atoms with van der Waals surface area (Å²) in [4.78, 5) is 13.2. The Bertz CT molecular complexity index is 901. The quantitative estimate of drug-likeness (QED) is 0.826. The maximum absolute atomic E-state index is 13.5. The highest BCUT2D eigenvalue weighted by Gasteiger charge is 2.25. The predicted octanol–water partition coefficient (Wildman–Crippen LogP) is 3.58. The lowest BCUT2D eigenvalue weighted by molar-refractivity contribution is -0.139. The van der Waals surface area contributed by atoms with Gasteiger partial charge in [-0.1, -0.05) is 12.1 Å². The number of likely N-dealkylation sites (tertiary alicyclic amines) is 1. The van der Waals surface area contributed by atoms with E-state index in [4.69, 9.17) is 14.6 Å². The van der Waals surface area contributed by atoms with Crippen LogP contribution in [-0.2, 0) is 4.79 Å². The van der Waals surface area contributed by atoms with E-state index in [2.05, 4.69) is 4.90 Å². The molecule has 2 aliphatic rings. The lowest BCUT2D eigenvalue weighted by Gasteiger charge is -2.27. The topological polar surface area (TPSA) is 59.0 Å². The molecule has 0 bridgehead atoms. The van der Waals surface area contributed by atoms with Crippen LogP contribution in [0.5, 0.6) is 11.5 Å². The first-order valence-corrected chi connectivity index (χ1v) is 9.42. The van der Waals surface area contributed by atoms with E-state index in [1.165, 1.54) is 25.0 Å². The van der Waals surface area contributed by atoms with E-state index in [0.29, 0.717) is 18.1 Å². The zero-order valence-electron chi connectivity index (χ0n) is 15.5. The average Bonchev–Trinajstić information content (AvgIpc) is 3.20. The van der Waals surface area contributed by atoms with Gasteiger partial charge in [-0.25, -0.2) is 9.18 Å². The van der Waals surface area contributed by atoms with E-state index in [0.717, 1.165) is 41.9 Å². The van der Waals surface area contributed by atoms with Crippen LogP contribution in [0.1, 0.15) is 24.0 Å². The van der Waals surface area contributed by atoms with Gasteiger partial charge >= 0.3 is 5.97 Å². The number of ether oxygens (including phenoxy) is 2. The summed E-state index contributed by atoms with van der Waals surface area (Å²) < 4.78 is 24.8. The summed E-state index contributed by atoms with van der Waals surface area (Å²) in [5.74, 6) is -0.131. The molecule has 0 saturated carbocycles. The predicted molar refractivity (Wildman–Crippen MR) is 103 cm³/mol. The third-order valence-electron chi connectivity index (χ3n) is 5.08. The van der Waals surface area contributed by atoms with Crippen molar-refractivity contribution in [2.45, 2.75) is 12.8 Å². The summed E-state index contributed by atoms with van der Waals surface area (Å²) in [6.45, 7) is 3.00. The van der Waals surface area contributed by atoms with Crippen LogP contribution in [0.4, 0.5) is 4.39 Å². The minimum absolute atomic E-state index is 0.281. The third-order valence-corrected chi connectivity index (χ3v) is 5.08. The van der Waals surface area contributed by atoms with Crippen molar-refractivity contribution in [3.63, 3.8) is 0 Å². The largest absolute Gasteiger partial charge is 0.489 e. The molecule has 0 spiro atoms. The number of fused-ring (bicyclic) bond motifs is 1. The highest BCUT2D eigenvalue weighted by Crippen LogP contribution is 2.40. The number of carbonyl (C=O) groups is 1. The Hall–Kier alpha value is -2.86. The van der Waals surface area contributed by atoms with Crippen LogP contribution < -0.4 is 9.47 Å². The Morgan fingerprint density at radius 1 is 1.14 bits per heavy atom. The molecule has 0 aliphatic carbocycles. The van der Waals surface area contributed by atoms with Gasteiger partial charge < -0.3 is 14.6 Å². The molecule has 5 nitrogen and oxygen atoms in total. The monoisotopic (exact) mass is 383 g/mol. The Kier molecular flexibility index (Phi) is 5.30. The van der Waals surface area contributed by atoms with Crippen molar-refractivity contribution in [2.75, 3.05) is 32.8 Å². The first-order chi connectivity index (χ1) is 13.6. The zero-order valence-corrected chi connectivity index (χ0v) is 15.5. The van der Waals surface area contributed by atoms with E-state index in [1.807, 2.05) is 0 Å². The van der Waals surface area contributed by atoms with Gasteiger partial charge in [0.15, 0.2) is 6.61 Å². The molecule has 0 radical (unpaired) electrons. The smallest absolute Gasteiger partial charge is 0.341 e. The molecule has 1 fully saturated rings. The first kappa shape index (κ1) is 18.5. The summed E-state index contributed by atoms with van der Waals surface area (Å²) in [5, 5.41) is 8.87. The van der Waals surface area contributed by atoms with Crippen LogP contribution in [0.3, 0.4) is 0 Å². The number of carboxylic acid groups (broad SMARTS) is 1. The average molecular weight is 383 g/mol.